The van der Waals surface area contributed by atoms with Gasteiger partial charge in [-0.05, 0) is 24.3 Å². The van der Waals surface area contributed by atoms with Crippen LogP contribution in [0, 0.1) is 5.82 Å². The first-order chi connectivity index (χ1) is 9.63. The lowest BCUT2D eigenvalue weighted by molar-refractivity contribution is 0.102. The van der Waals surface area contributed by atoms with Crippen molar-refractivity contribution in [2.45, 2.75) is 0 Å². The minimum Gasteiger partial charge on any atom is -0.494 e. The van der Waals surface area contributed by atoms with Gasteiger partial charge in [-0.1, -0.05) is 0 Å². The number of carbonyl (C=O) groups excluding carboxylic acids is 1. The third-order valence-electron chi connectivity index (χ3n) is 2.69. The molecule has 20 heavy (non-hydrogen) atoms. The van der Waals surface area contributed by atoms with E-state index in [-0.39, 0.29) is 11.4 Å². The molecular formula is C14H14FN3O2. The Hall–Kier alpha value is -2.63. The zero-order valence-corrected chi connectivity index (χ0v) is 11.1. The van der Waals surface area contributed by atoms with Crippen LogP contribution in [-0.2, 0) is 0 Å². The highest BCUT2D eigenvalue weighted by Gasteiger charge is 2.12. The van der Waals surface area contributed by atoms with E-state index in [4.69, 9.17) is 4.74 Å². The van der Waals surface area contributed by atoms with E-state index in [0.29, 0.717) is 5.69 Å². The van der Waals surface area contributed by atoms with Crippen molar-refractivity contribution in [3.63, 3.8) is 0 Å². The second-order valence-electron chi connectivity index (χ2n) is 3.98. The van der Waals surface area contributed by atoms with Crippen LogP contribution in [0.2, 0.25) is 0 Å². The average molecular weight is 275 g/mol. The fourth-order valence-corrected chi connectivity index (χ4v) is 1.66. The zero-order chi connectivity index (χ0) is 14.5. The van der Waals surface area contributed by atoms with Crippen LogP contribution in [0.5, 0.6) is 5.75 Å². The minimum atomic E-state index is -0.435. The number of hydrogen-bond donors (Lipinski definition) is 2. The van der Waals surface area contributed by atoms with Crippen LogP contribution < -0.4 is 15.4 Å². The summed E-state index contributed by atoms with van der Waals surface area (Å²) in [5.74, 6) is -0.578. The lowest BCUT2D eigenvalue weighted by Crippen LogP contribution is -2.14. The second-order valence-corrected chi connectivity index (χ2v) is 3.98. The van der Waals surface area contributed by atoms with Crippen molar-refractivity contribution in [3.05, 3.63) is 48.0 Å². The number of benzene rings is 1. The molecule has 0 fully saturated rings. The van der Waals surface area contributed by atoms with Crippen LogP contribution in [0.25, 0.3) is 0 Å². The van der Waals surface area contributed by atoms with E-state index in [1.165, 1.54) is 31.5 Å². The number of nitrogens with one attached hydrogen (secondary N) is 2. The lowest BCUT2D eigenvalue weighted by atomic mass is 10.2. The molecule has 0 unspecified atom stereocenters. The molecule has 2 N–H and O–H groups in total. The Balaban J connectivity index is 2.23. The first kappa shape index (κ1) is 13.8. The first-order valence-corrected chi connectivity index (χ1v) is 5.92. The molecule has 0 aliphatic carbocycles. The third-order valence-corrected chi connectivity index (χ3v) is 2.69. The van der Waals surface area contributed by atoms with E-state index in [1.807, 2.05) is 0 Å². The maximum absolute atomic E-state index is 13.1. The highest BCUT2D eigenvalue weighted by Crippen LogP contribution is 2.25. The molecule has 0 atom stereocenters. The molecule has 0 saturated heterocycles. The summed E-state index contributed by atoms with van der Waals surface area (Å²) in [6.07, 6.45) is 1.53. The molecule has 2 rings (SSSR count). The molecule has 1 amide bonds. The van der Waals surface area contributed by atoms with Gasteiger partial charge in [-0.3, -0.25) is 9.78 Å². The largest absolute Gasteiger partial charge is 0.494 e. The first-order valence-electron chi connectivity index (χ1n) is 5.92. The summed E-state index contributed by atoms with van der Waals surface area (Å²) < 4.78 is 18.1. The Morgan fingerprint density at radius 2 is 2.10 bits per heavy atom. The van der Waals surface area contributed by atoms with Gasteiger partial charge in [0.15, 0.2) is 0 Å². The summed E-state index contributed by atoms with van der Waals surface area (Å²) in [7, 11) is 3.16. The van der Waals surface area contributed by atoms with Crippen molar-refractivity contribution in [2.75, 3.05) is 24.8 Å². The maximum Gasteiger partial charge on any atom is 0.274 e. The number of amides is 1. The Morgan fingerprint density at radius 1 is 1.30 bits per heavy atom. The SMILES string of the molecule is CNc1ccnc(C(=O)Nc2ccc(F)cc2OC)c1. The monoisotopic (exact) mass is 275 g/mol. The average Bonchev–Trinajstić information content (AvgIpc) is 2.49. The number of aromatic nitrogens is 1. The van der Waals surface area contributed by atoms with Gasteiger partial charge in [0, 0.05) is 25.0 Å². The van der Waals surface area contributed by atoms with E-state index in [1.54, 1.807) is 19.2 Å². The van der Waals surface area contributed by atoms with Gasteiger partial charge in [0.1, 0.15) is 17.3 Å². The number of carbonyl (C=O) groups is 1. The summed E-state index contributed by atoms with van der Waals surface area (Å²) in [5, 5.41) is 5.56. The predicted molar refractivity (Wildman–Crippen MR) is 74.7 cm³/mol. The zero-order valence-electron chi connectivity index (χ0n) is 11.1. The quantitative estimate of drug-likeness (QED) is 0.900. The van der Waals surface area contributed by atoms with Crippen molar-refractivity contribution < 1.29 is 13.9 Å². The van der Waals surface area contributed by atoms with Crippen molar-refractivity contribution in [1.82, 2.24) is 4.98 Å². The van der Waals surface area contributed by atoms with Gasteiger partial charge in [-0.25, -0.2) is 4.39 Å². The minimum absolute atomic E-state index is 0.253. The second kappa shape index (κ2) is 6.01. The molecule has 6 heteroatoms. The summed E-state index contributed by atoms with van der Waals surface area (Å²) in [5.41, 5.74) is 1.41. The Kier molecular flexibility index (Phi) is 4.14. The number of nitrogens with zero attached hydrogens (tertiary/aromatic N) is 1. The molecule has 1 aromatic carbocycles. The summed E-state index contributed by atoms with van der Waals surface area (Å²) in [4.78, 5) is 16.1. The number of hydrogen-bond acceptors (Lipinski definition) is 4. The fourth-order valence-electron chi connectivity index (χ4n) is 1.66. The predicted octanol–water partition coefficient (Wildman–Crippen LogP) is 2.52. The molecule has 1 heterocycles. The van der Waals surface area contributed by atoms with Crippen LogP contribution in [0.1, 0.15) is 10.5 Å². The normalized spacial score (nSPS) is 9.95. The molecule has 0 radical (unpaired) electrons. The Bertz CT molecular complexity index is 632. The molecule has 0 aliphatic rings. The Labute approximate surface area is 115 Å². The van der Waals surface area contributed by atoms with Gasteiger partial charge >= 0.3 is 0 Å². The van der Waals surface area contributed by atoms with Crippen molar-refractivity contribution >= 4 is 17.3 Å². The number of halogens is 1. The number of anilines is 2. The van der Waals surface area contributed by atoms with Crippen LogP contribution in [0.4, 0.5) is 15.8 Å². The van der Waals surface area contributed by atoms with Crippen LogP contribution in [-0.4, -0.2) is 25.0 Å². The topological polar surface area (TPSA) is 63.2 Å². The van der Waals surface area contributed by atoms with E-state index < -0.39 is 11.7 Å². The van der Waals surface area contributed by atoms with Gasteiger partial charge in [0.05, 0.1) is 12.8 Å². The summed E-state index contributed by atoms with van der Waals surface area (Å²) in [6, 6.07) is 7.25. The molecular weight excluding hydrogens is 261 g/mol. The number of methoxy groups -OCH3 is 1. The van der Waals surface area contributed by atoms with Crippen molar-refractivity contribution in [2.24, 2.45) is 0 Å². The number of pyridine rings is 1. The van der Waals surface area contributed by atoms with Gasteiger partial charge < -0.3 is 15.4 Å². The van der Waals surface area contributed by atoms with Crippen LogP contribution >= 0.6 is 0 Å². The van der Waals surface area contributed by atoms with Gasteiger partial charge in [0.25, 0.3) is 5.91 Å². The van der Waals surface area contributed by atoms with E-state index in [0.717, 1.165) is 5.69 Å². The summed E-state index contributed by atoms with van der Waals surface area (Å²) in [6.45, 7) is 0. The maximum atomic E-state index is 13.1. The van der Waals surface area contributed by atoms with E-state index >= 15 is 0 Å². The van der Waals surface area contributed by atoms with Gasteiger partial charge in [-0.15, -0.1) is 0 Å². The smallest absolute Gasteiger partial charge is 0.274 e. The molecule has 2 aromatic rings. The number of ether oxygens (including phenoxy) is 1. The van der Waals surface area contributed by atoms with Gasteiger partial charge in [-0.2, -0.15) is 0 Å². The third kappa shape index (κ3) is 3.03. The highest BCUT2D eigenvalue weighted by molar-refractivity contribution is 6.04. The van der Waals surface area contributed by atoms with E-state index in [9.17, 15) is 9.18 Å². The lowest BCUT2D eigenvalue weighted by Gasteiger charge is -2.10. The van der Waals surface area contributed by atoms with Crippen molar-refractivity contribution in [1.29, 1.82) is 0 Å². The van der Waals surface area contributed by atoms with E-state index in [2.05, 4.69) is 15.6 Å². The Morgan fingerprint density at radius 3 is 2.80 bits per heavy atom. The molecule has 1 aromatic heterocycles. The standard InChI is InChI=1S/C14H14FN3O2/c1-16-10-5-6-17-12(8-10)14(19)18-11-4-3-9(15)7-13(11)20-2/h3-8H,1-2H3,(H,16,17)(H,18,19). The molecule has 5 nitrogen and oxygen atoms in total. The number of rotatable bonds is 4. The van der Waals surface area contributed by atoms with Crippen molar-refractivity contribution in [3.8, 4) is 5.75 Å². The molecule has 0 aliphatic heterocycles. The molecule has 0 bridgehead atoms. The van der Waals surface area contributed by atoms with Crippen LogP contribution in [0.3, 0.4) is 0 Å². The molecule has 0 saturated carbocycles. The van der Waals surface area contributed by atoms with Crippen LogP contribution in [0.15, 0.2) is 36.5 Å². The van der Waals surface area contributed by atoms with Gasteiger partial charge in [0.2, 0.25) is 0 Å². The molecule has 0 spiro atoms. The fraction of sp³-hybridized carbons (Fsp3) is 0.143. The highest BCUT2D eigenvalue weighted by atomic mass is 19.1. The molecule has 104 valence electrons. The summed E-state index contributed by atoms with van der Waals surface area (Å²) >= 11 is 0.